The zero-order valence-electron chi connectivity index (χ0n) is 6.79. The van der Waals surface area contributed by atoms with Crippen LogP contribution in [0.4, 0.5) is 0 Å². The lowest BCUT2D eigenvalue weighted by atomic mass is 10.1. The topological polar surface area (TPSA) is 30.0 Å². The van der Waals surface area contributed by atoms with Crippen LogP contribution in [-0.4, -0.2) is 11.3 Å². The highest BCUT2D eigenvalue weighted by atomic mass is 16.1. The summed E-state index contributed by atoms with van der Waals surface area (Å²) in [6.45, 7) is 3.99. The van der Waals surface area contributed by atoms with E-state index in [0.29, 0.717) is 5.69 Å². The molecule has 0 aliphatic carbocycles. The van der Waals surface area contributed by atoms with Gasteiger partial charge in [-0.2, -0.15) is 0 Å². The third kappa shape index (κ3) is 1.64. The van der Waals surface area contributed by atoms with Gasteiger partial charge in [0, 0.05) is 6.20 Å². The molecule has 0 fully saturated rings. The van der Waals surface area contributed by atoms with Gasteiger partial charge in [0.25, 0.3) is 0 Å². The van der Waals surface area contributed by atoms with Crippen molar-refractivity contribution in [3.8, 4) is 0 Å². The molecule has 0 atom stereocenters. The normalized spacial score (nSPS) is 9.64. The minimum Gasteiger partial charge on any atom is -0.296 e. The third-order valence-corrected chi connectivity index (χ3v) is 1.63. The van der Waals surface area contributed by atoms with E-state index < -0.39 is 0 Å². The highest BCUT2D eigenvalue weighted by Crippen LogP contribution is 2.06. The third-order valence-electron chi connectivity index (χ3n) is 1.63. The van der Waals surface area contributed by atoms with Crippen LogP contribution in [0, 0.1) is 6.92 Å². The Morgan fingerprint density at radius 2 is 2.36 bits per heavy atom. The quantitative estimate of drug-likeness (QED) is 0.600. The Balaban J connectivity index is 3.16. The Morgan fingerprint density at radius 3 is 2.91 bits per heavy atom. The summed E-state index contributed by atoms with van der Waals surface area (Å²) in [4.78, 5) is 14.4. The highest BCUT2D eigenvalue weighted by molar-refractivity contribution is 5.74. The Labute approximate surface area is 66.3 Å². The lowest BCUT2D eigenvalue weighted by molar-refractivity contribution is 0.111. The summed E-state index contributed by atoms with van der Waals surface area (Å²) in [5, 5.41) is 0. The Morgan fingerprint density at radius 1 is 1.64 bits per heavy atom. The molecule has 0 saturated carbocycles. The van der Waals surface area contributed by atoms with Crippen molar-refractivity contribution in [2.45, 2.75) is 20.3 Å². The van der Waals surface area contributed by atoms with E-state index in [9.17, 15) is 4.79 Å². The summed E-state index contributed by atoms with van der Waals surface area (Å²) in [5.74, 6) is 0. The van der Waals surface area contributed by atoms with Gasteiger partial charge >= 0.3 is 0 Å². The molecule has 0 bridgehead atoms. The van der Waals surface area contributed by atoms with Crippen LogP contribution in [-0.2, 0) is 6.42 Å². The molecule has 11 heavy (non-hydrogen) atoms. The predicted octanol–water partition coefficient (Wildman–Crippen LogP) is 1.76. The molecule has 2 nitrogen and oxygen atoms in total. The van der Waals surface area contributed by atoms with E-state index in [1.54, 1.807) is 6.20 Å². The zero-order chi connectivity index (χ0) is 8.27. The minimum absolute atomic E-state index is 0.568. The van der Waals surface area contributed by atoms with Gasteiger partial charge in [0.05, 0.1) is 0 Å². The number of nitrogens with zero attached hydrogens (tertiary/aromatic N) is 1. The van der Waals surface area contributed by atoms with Gasteiger partial charge in [-0.25, -0.2) is 0 Å². The van der Waals surface area contributed by atoms with Crippen molar-refractivity contribution in [3.63, 3.8) is 0 Å². The fourth-order valence-corrected chi connectivity index (χ4v) is 1.03. The molecule has 1 rings (SSSR count). The van der Waals surface area contributed by atoms with Crippen LogP contribution in [0.5, 0.6) is 0 Å². The van der Waals surface area contributed by atoms with Gasteiger partial charge < -0.3 is 0 Å². The van der Waals surface area contributed by atoms with E-state index in [1.807, 2.05) is 19.9 Å². The van der Waals surface area contributed by atoms with Crippen LogP contribution < -0.4 is 0 Å². The Bertz CT molecular complexity index is 268. The van der Waals surface area contributed by atoms with Gasteiger partial charge in [-0.05, 0) is 24.5 Å². The lowest BCUT2D eigenvalue weighted by Gasteiger charge is -2.00. The SMILES string of the molecule is CCc1cc(C)cnc1C=O. The molecule has 58 valence electrons. The van der Waals surface area contributed by atoms with Crippen molar-refractivity contribution in [2.24, 2.45) is 0 Å². The van der Waals surface area contributed by atoms with Crippen LogP contribution in [0.25, 0.3) is 0 Å². The van der Waals surface area contributed by atoms with Crippen molar-refractivity contribution >= 4 is 6.29 Å². The number of aromatic nitrogens is 1. The molecule has 2 heteroatoms. The van der Waals surface area contributed by atoms with Crippen LogP contribution >= 0.6 is 0 Å². The van der Waals surface area contributed by atoms with Gasteiger partial charge in [0.15, 0.2) is 6.29 Å². The molecule has 0 saturated heterocycles. The van der Waals surface area contributed by atoms with Crippen molar-refractivity contribution in [1.82, 2.24) is 4.98 Å². The van der Waals surface area contributed by atoms with E-state index in [4.69, 9.17) is 0 Å². The van der Waals surface area contributed by atoms with E-state index in [1.165, 1.54) is 0 Å². The number of pyridine rings is 1. The van der Waals surface area contributed by atoms with Gasteiger partial charge in [-0.3, -0.25) is 9.78 Å². The first kappa shape index (κ1) is 7.92. The molecule has 1 heterocycles. The zero-order valence-corrected chi connectivity index (χ0v) is 6.79. The second-order valence-corrected chi connectivity index (χ2v) is 2.53. The lowest BCUT2D eigenvalue weighted by Crippen LogP contribution is -1.95. The second-order valence-electron chi connectivity index (χ2n) is 2.53. The molecule has 0 aliphatic rings. The van der Waals surface area contributed by atoms with Crippen molar-refractivity contribution in [2.75, 3.05) is 0 Å². The molecule has 0 aliphatic heterocycles. The van der Waals surface area contributed by atoms with E-state index >= 15 is 0 Å². The molecule has 0 aromatic carbocycles. The average molecular weight is 149 g/mol. The van der Waals surface area contributed by atoms with Gasteiger partial charge in [-0.15, -0.1) is 0 Å². The van der Waals surface area contributed by atoms with Gasteiger partial charge in [-0.1, -0.05) is 13.0 Å². The average Bonchev–Trinajstić information content (AvgIpc) is 2.04. The number of aldehydes is 1. The molecule has 1 aromatic rings. The monoisotopic (exact) mass is 149 g/mol. The fourth-order valence-electron chi connectivity index (χ4n) is 1.03. The van der Waals surface area contributed by atoms with Crippen molar-refractivity contribution in [1.29, 1.82) is 0 Å². The number of hydrogen-bond acceptors (Lipinski definition) is 2. The summed E-state index contributed by atoms with van der Waals surface area (Å²) >= 11 is 0. The van der Waals surface area contributed by atoms with Crippen LogP contribution in [0.15, 0.2) is 12.3 Å². The molecule has 0 amide bonds. The Hall–Kier alpha value is -1.18. The van der Waals surface area contributed by atoms with Crippen LogP contribution in [0.2, 0.25) is 0 Å². The largest absolute Gasteiger partial charge is 0.296 e. The molecular weight excluding hydrogens is 138 g/mol. The minimum atomic E-state index is 0.568. The summed E-state index contributed by atoms with van der Waals surface area (Å²) in [6, 6.07) is 2.00. The van der Waals surface area contributed by atoms with E-state index in [-0.39, 0.29) is 0 Å². The summed E-state index contributed by atoms with van der Waals surface area (Å²) < 4.78 is 0. The fraction of sp³-hybridized carbons (Fsp3) is 0.333. The molecular formula is C9H11NO. The maximum absolute atomic E-state index is 10.4. The first-order chi connectivity index (χ1) is 5.27. The molecule has 0 N–H and O–H groups in total. The van der Waals surface area contributed by atoms with Crippen LogP contribution in [0.1, 0.15) is 28.5 Å². The molecule has 0 radical (unpaired) electrons. The van der Waals surface area contributed by atoms with E-state index in [0.717, 1.165) is 23.8 Å². The van der Waals surface area contributed by atoms with Crippen molar-refractivity contribution < 1.29 is 4.79 Å². The summed E-state index contributed by atoms with van der Waals surface area (Å²) in [5.41, 5.74) is 2.70. The number of carbonyl (C=O) groups is 1. The number of carbonyl (C=O) groups excluding carboxylic acids is 1. The van der Waals surface area contributed by atoms with E-state index in [2.05, 4.69) is 4.98 Å². The smallest absolute Gasteiger partial charge is 0.168 e. The second kappa shape index (κ2) is 3.28. The highest BCUT2D eigenvalue weighted by Gasteiger charge is 1.99. The molecule has 0 unspecified atom stereocenters. The maximum atomic E-state index is 10.4. The summed E-state index contributed by atoms with van der Waals surface area (Å²) in [7, 11) is 0. The maximum Gasteiger partial charge on any atom is 0.168 e. The standard InChI is InChI=1S/C9H11NO/c1-3-8-4-7(2)5-10-9(8)6-11/h4-6H,3H2,1-2H3. The number of hydrogen-bond donors (Lipinski definition) is 0. The predicted molar refractivity (Wildman–Crippen MR) is 43.7 cm³/mol. The number of aryl methyl sites for hydroxylation is 2. The van der Waals surface area contributed by atoms with Gasteiger partial charge in [0.1, 0.15) is 5.69 Å². The summed E-state index contributed by atoms with van der Waals surface area (Å²) in [6.07, 6.45) is 3.38. The molecule has 0 spiro atoms. The Kier molecular flexibility index (Phi) is 2.36. The van der Waals surface area contributed by atoms with Gasteiger partial charge in [0.2, 0.25) is 0 Å². The van der Waals surface area contributed by atoms with Crippen molar-refractivity contribution in [3.05, 3.63) is 29.1 Å². The first-order valence-electron chi connectivity index (χ1n) is 3.68. The van der Waals surface area contributed by atoms with Crippen LogP contribution in [0.3, 0.4) is 0 Å². The molecule has 1 aromatic heterocycles. The number of rotatable bonds is 2. The first-order valence-corrected chi connectivity index (χ1v) is 3.68.